The van der Waals surface area contributed by atoms with Crippen LogP contribution in [0.1, 0.15) is 10.4 Å². The van der Waals surface area contributed by atoms with E-state index in [-0.39, 0.29) is 5.56 Å². The summed E-state index contributed by atoms with van der Waals surface area (Å²) >= 11 is 0. The van der Waals surface area contributed by atoms with E-state index in [4.69, 9.17) is 5.11 Å². The van der Waals surface area contributed by atoms with Crippen molar-refractivity contribution in [3.8, 4) is 0 Å². The van der Waals surface area contributed by atoms with E-state index in [2.05, 4.69) is 10.3 Å². The summed E-state index contributed by atoms with van der Waals surface area (Å²) in [4.78, 5) is 37.5. The van der Waals surface area contributed by atoms with E-state index in [1.165, 1.54) is 24.3 Å². The molecule has 0 radical (unpaired) electrons. The number of carbonyl (C=O) groups excluding carboxylic acids is 1. The van der Waals surface area contributed by atoms with Gasteiger partial charge in [-0.05, 0) is 36.4 Å². The molecule has 0 aliphatic rings. The van der Waals surface area contributed by atoms with E-state index in [0.29, 0.717) is 16.7 Å². The summed E-state index contributed by atoms with van der Waals surface area (Å²) in [5.41, 5.74) is 0.992. The number of carboxylic acids is 1. The quantitative estimate of drug-likeness (QED) is 0.673. The number of anilines is 1. The molecule has 2 aromatic carbocycles. The van der Waals surface area contributed by atoms with Gasteiger partial charge >= 0.3 is 17.7 Å². The summed E-state index contributed by atoms with van der Waals surface area (Å²) in [6.07, 6.45) is 0. The van der Waals surface area contributed by atoms with Gasteiger partial charge in [0.15, 0.2) is 0 Å². The summed E-state index contributed by atoms with van der Waals surface area (Å²) in [5.74, 6) is -1.05. The third-order valence-electron chi connectivity index (χ3n) is 3.18. The highest BCUT2D eigenvalue weighted by Gasteiger charge is 2.13. The Morgan fingerprint density at radius 3 is 2.41 bits per heavy atom. The topological polar surface area (TPSA) is 104 Å². The van der Waals surface area contributed by atoms with Gasteiger partial charge in [-0.3, -0.25) is 0 Å². The Bertz CT molecular complexity index is 922. The van der Waals surface area contributed by atoms with E-state index in [1.54, 1.807) is 24.3 Å². The average molecular weight is 297 g/mol. The number of hydrogen-bond donors (Lipinski definition) is 3. The first-order valence-electron chi connectivity index (χ1n) is 6.41. The number of carbonyl (C=O) groups is 2. The molecule has 3 N–H and O–H groups in total. The minimum Gasteiger partial charge on any atom is -0.478 e. The number of hydrogen-bond acceptors (Lipinski definition) is 3. The lowest BCUT2D eigenvalue weighted by molar-refractivity contribution is 0.0697. The van der Waals surface area contributed by atoms with Gasteiger partial charge in [0.1, 0.15) is 0 Å². The van der Waals surface area contributed by atoms with Crippen LogP contribution in [0.2, 0.25) is 0 Å². The molecule has 0 unspecified atom stereocenters. The molecule has 0 aliphatic carbocycles. The largest absolute Gasteiger partial charge is 0.478 e. The molecule has 110 valence electrons. The number of nitrogens with one attached hydrogen (secondary N) is 2. The molecule has 7 heteroatoms. The van der Waals surface area contributed by atoms with Crippen molar-refractivity contribution in [1.29, 1.82) is 0 Å². The zero-order valence-corrected chi connectivity index (χ0v) is 11.2. The predicted molar refractivity (Wildman–Crippen MR) is 80.4 cm³/mol. The highest BCUT2D eigenvalue weighted by atomic mass is 16.4. The Labute approximate surface area is 123 Å². The number of imidazole rings is 1. The zero-order valence-electron chi connectivity index (χ0n) is 11.2. The number of H-pyrrole nitrogens is 1. The fourth-order valence-electron chi connectivity index (χ4n) is 2.13. The van der Waals surface area contributed by atoms with Crippen molar-refractivity contribution in [2.24, 2.45) is 0 Å². The summed E-state index contributed by atoms with van der Waals surface area (Å²) in [5, 5.41) is 11.4. The zero-order chi connectivity index (χ0) is 15.7. The van der Waals surface area contributed by atoms with Crippen molar-refractivity contribution in [2.45, 2.75) is 0 Å². The number of fused-ring (bicyclic) bond motifs is 1. The average Bonchev–Trinajstić information content (AvgIpc) is 2.83. The van der Waals surface area contributed by atoms with Gasteiger partial charge in [-0.1, -0.05) is 12.1 Å². The van der Waals surface area contributed by atoms with Crippen LogP contribution in [0.25, 0.3) is 11.0 Å². The molecule has 1 amide bonds. The fraction of sp³-hybridized carbons (Fsp3) is 0. The van der Waals surface area contributed by atoms with Crippen LogP contribution in [0, 0.1) is 0 Å². The van der Waals surface area contributed by atoms with Crippen LogP contribution in [-0.4, -0.2) is 26.7 Å². The van der Waals surface area contributed by atoms with Gasteiger partial charge in [0.25, 0.3) is 0 Å². The minimum absolute atomic E-state index is 0.113. The third-order valence-corrected chi connectivity index (χ3v) is 3.18. The van der Waals surface area contributed by atoms with Crippen LogP contribution in [0.5, 0.6) is 0 Å². The van der Waals surface area contributed by atoms with Gasteiger partial charge in [0.05, 0.1) is 16.6 Å². The molecule has 0 saturated heterocycles. The van der Waals surface area contributed by atoms with E-state index in [1.807, 2.05) is 0 Å². The second-order valence-electron chi connectivity index (χ2n) is 4.60. The third kappa shape index (κ3) is 2.35. The Hall–Kier alpha value is -3.35. The van der Waals surface area contributed by atoms with Crippen LogP contribution in [0.15, 0.2) is 53.3 Å². The molecule has 0 bridgehead atoms. The first kappa shape index (κ1) is 13.6. The highest BCUT2D eigenvalue weighted by Crippen LogP contribution is 2.12. The summed E-state index contributed by atoms with van der Waals surface area (Å²) < 4.78 is 0.987. The summed E-state index contributed by atoms with van der Waals surface area (Å²) in [7, 11) is 0. The lowest BCUT2D eigenvalue weighted by Crippen LogP contribution is -2.29. The van der Waals surface area contributed by atoms with Gasteiger partial charge < -0.3 is 15.4 Å². The molecule has 0 fully saturated rings. The van der Waals surface area contributed by atoms with Gasteiger partial charge in [0.2, 0.25) is 0 Å². The van der Waals surface area contributed by atoms with Crippen molar-refractivity contribution in [3.63, 3.8) is 0 Å². The Morgan fingerprint density at radius 1 is 1.05 bits per heavy atom. The van der Waals surface area contributed by atoms with Gasteiger partial charge in [-0.15, -0.1) is 0 Å². The molecule has 1 aromatic heterocycles. The highest BCUT2D eigenvalue weighted by molar-refractivity contribution is 5.97. The Morgan fingerprint density at radius 2 is 1.73 bits per heavy atom. The van der Waals surface area contributed by atoms with Crippen LogP contribution >= 0.6 is 0 Å². The Balaban J connectivity index is 1.92. The van der Waals surface area contributed by atoms with Crippen LogP contribution < -0.4 is 11.0 Å². The molecule has 3 aromatic rings. The van der Waals surface area contributed by atoms with E-state index >= 15 is 0 Å². The molecule has 0 spiro atoms. The first-order chi connectivity index (χ1) is 10.6. The second kappa shape index (κ2) is 5.21. The molecule has 0 atom stereocenters. The van der Waals surface area contributed by atoms with Crippen molar-refractivity contribution in [1.82, 2.24) is 9.55 Å². The molecular weight excluding hydrogens is 286 g/mol. The maximum Gasteiger partial charge on any atom is 0.335 e. The molecule has 7 nitrogen and oxygen atoms in total. The molecule has 1 heterocycles. The number of benzene rings is 2. The minimum atomic E-state index is -1.05. The fourth-order valence-corrected chi connectivity index (χ4v) is 2.13. The van der Waals surface area contributed by atoms with E-state index < -0.39 is 17.7 Å². The molecule has 3 rings (SSSR count). The SMILES string of the molecule is O=C(O)c1ccc(NC(=O)n2c(=O)[nH]c3ccccc32)cc1. The Kier molecular flexibility index (Phi) is 3.23. The summed E-state index contributed by atoms with van der Waals surface area (Å²) in [6.45, 7) is 0. The number of para-hydroxylation sites is 2. The van der Waals surface area contributed by atoms with Gasteiger partial charge in [0, 0.05) is 5.69 Å². The molecular formula is C15H11N3O4. The lowest BCUT2D eigenvalue weighted by atomic mass is 10.2. The van der Waals surface area contributed by atoms with E-state index in [0.717, 1.165) is 4.57 Å². The number of nitrogens with zero attached hydrogens (tertiary/aromatic N) is 1. The summed E-state index contributed by atoms with van der Waals surface area (Å²) in [6, 6.07) is 11.9. The van der Waals surface area contributed by atoms with Crippen molar-refractivity contribution in [2.75, 3.05) is 5.32 Å². The second-order valence-corrected chi connectivity index (χ2v) is 4.60. The number of aromatic nitrogens is 2. The molecule has 0 aliphatic heterocycles. The predicted octanol–water partition coefficient (Wildman–Crippen LogP) is 2.11. The lowest BCUT2D eigenvalue weighted by Gasteiger charge is -2.06. The molecule has 22 heavy (non-hydrogen) atoms. The smallest absolute Gasteiger partial charge is 0.335 e. The van der Waals surface area contributed by atoms with Crippen LogP contribution in [0.4, 0.5) is 10.5 Å². The monoisotopic (exact) mass is 297 g/mol. The van der Waals surface area contributed by atoms with Gasteiger partial charge in [-0.2, -0.15) is 0 Å². The van der Waals surface area contributed by atoms with Crippen LogP contribution in [-0.2, 0) is 0 Å². The number of aromatic amines is 1. The van der Waals surface area contributed by atoms with Crippen molar-refractivity contribution in [3.05, 3.63) is 64.6 Å². The van der Waals surface area contributed by atoms with Crippen LogP contribution in [0.3, 0.4) is 0 Å². The normalized spacial score (nSPS) is 10.5. The standard InChI is InChI=1S/C15H11N3O4/c19-13(20)9-5-7-10(8-6-9)16-14(21)18-12-4-2-1-3-11(12)17-15(18)22/h1-8H,(H,16,21)(H,17,22)(H,19,20). The van der Waals surface area contributed by atoms with Crippen molar-refractivity contribution < 1.29 is 14.7 Å². The van der Waals surface area contributed by atoms with Gasteiger partial charge in [-0.25, -0.2) is 19.0 Å². The first-order valence-corrected chi connectivity index (χ1v) is 6.41. The molecule has 0 saturated carbocycles. The number of carboxylic acid groups (broad SMARTS) is 1. The van der Waals surface area contributed by atoms with Crippen molar-refractivity contribution >= 4 is 28.7 Å². The maximum absolute atomic E-state index is 12.2. The number of amides is 1. The van der Waals surface area contributed by atoms with E-state index in [9.17, 15) is 14.4 Å². The number of rotatable bonds is 2. The maximum atomic E-state index is 12.2. The number of aromatic carboxylic acids is 1.